The van der Waals surface area contributed by atoms with Gasteiger partial charge in [-0.3, -0.25) is 0 Å². The van der Waals surface area contributed by atoms with Gasteiger partial charge >= 0.3 is 0 Å². The van der Waals surface area contributed by atoms with Gasteiger partial charge in [-0.25, -0.2) is 0 Å². The Balaban J connectivity index is 3.06. The Morgan fingerprint density at radius 3 is 2.57 bits per heavy atom. The molecule has 0 atom stereocenters. The van der Waals surface area contributed by atoms with E-state index in [0.717, 1.165) is 6.42 Å². The highest BCUT2D eigenvalue weighted by atomic mass is 14.1. The Morgan fingerprint density at radius 2 is 2.00 bits per heavy atom. The number of allylic oxidation sites excluding steroid dienone is 9. The maximum Gasteiger partial charge on any atom is -0.0129 e. The van der Waals surface area contributed by atoms with Crippen LogP contribution in [0.15, 0.2) is 59.3 Å². The molecule has 0 radical (unpaired) electrons. The molecule has 1 rings (SSSR count). The topological polar surface area (TPSA) is 0 Å². The minimum Gasteiger partial charge on any atom is -0.0984 e. The van der Waals surface area contributed by atoms with Crippen LogP contribution in [-0.2, 0) is 0 Å². The standard InChI is InChI=1S/C14H18/c1-5-13-8-6-12(4)7-9-14(13)10-11(2)3/h5-6,8-10H,1,7H2,2-4H3. The summed E-state index contributed by atoms with van der Waals surface area (Å²) in [5.41, 5.74) is 5.21. The van der Waals surface area contributed by atoms with Crippen LogP contribution in [0.3, 0.4) is 0 Å². The molecule has 0 aromatic carbocycles. The normalized spacial score (nSPS) is 16.1. The Bertz CT molecular complexity index is 342. The van der Waals surface area contributed by atoms with Gasteiger partial charge in [0, 0.05) is 0 Å². The summed E-state index contributed by atoms with van der Waals surface area (Å²) in [4.78, 5) is 0. The predicted octanol–water partition coefficient (Wildman–Crippen LogP) is 4.34. The van der Waals surface area contributed by atoms with E-state index in [-0.39, 0.29) is 0 Å². The van der Waals surface area contributed by atoms with Gasteiger partial charge in [0.1, 0.15) is 0 Å². The predicted molar refractivity (Wildman–Crippen MR) is 64.2 cm³/mol. The van der Waals surface area contributed by atoms with E-state index in [1.165, 1.54) is 22.3 Å². The quantitative estimate of drug-likeness (QED) is 0.601. The van der Waals surface area contributed by atoms with Crippen LogP contribution in [0.1, 0.15) is 27.2 Å². The van der Waals surface area contributed by atoms with Gasteiger partial charge in [0.15, 0.2) is 0 Å². The third-order valence-electron chi connectivity index (χ3n) is 2.19. The van der Waals surface area contributed by atoms with Gasteiger partial charge in [0.2, 0.25) is 0 Å². The number of hydrogen-bond acceptors (Lipinski definition) is 0. The lowest BCUT2D eigenvalue weighted by Gasteiger charge is -2.02. The van der Waals surface area contributed by atoms with E-state index in [1.54, 1.807) is 0 Å². The van der Waals surface area contributed by atoms with Crippen molar-refractivity contribution >= 4 is 0 Å². The van der Waals surface area contributed by atoms with Gasteiger partial charge in [0.05, 0.1) is 0 Å². The zero-order valence-corrected chi connectivity index (χ0v) is 9.30. The van der Waals surface area contributed by atoms with Crippen LogP contribution >= 0.6 is 0 Å². The molecule has 0 bridgehead atoms. The zero-order valence-electron chi connectivity index (χ0n) is 9.30. The maximum atomic E-state index is 3.84. The first-order valence-electron chi connectivity index (χ1n) is 4.99. The van der Waals surface area contributed by atoms with Crippen molar-refractivity contribution < 1.29 is 0 Å². The molecule has 0 aromatic heterocycles. The highest BCUT2D eigenvalue weighted by molar-refractivity contribution is 5.50. The van der Waals surface area contributed by atoms with Crippen molar-refractivity contribution in [3.05, 3.63) is 59.3 Å². The summed E-state index contributed by atoms with van der Waals surface area (Å²) in [6.07, 6.45) is 11.7. The molecule has 0 fully saturated rings. The molecule has 1 aliphatic rings. The molecule has 14 heavy (non-hydrogen) atoms. The van der Waals surface area contributed by atoms with Crippen LogP contribution in [-0.4, -0.2) is 0 Å². The third kappa shape index (κ3) is 2.88. The molecule has 74 valence electrons. The van der Waals surface area contributed by atoms with Gasteiger partial charge in [0.25, 0.3) is 0 Å². The fourth-order valence-corrected chi connectivity index (χ4v) is 1.42. The van der Waals surface area contributed by atoms with Crippen molar-refractivity contribution in [2.75, 3.05) is 0 Å². The summed E-state index contributed by atoms with van der Waals surface area (Å²) in [7, 11) is 0. The molecule has 0 unspecified atom stereocenters. The van der Waals surface area contributed by atoms with E-state index in [4.69, 9.17) is 0 Å². The number of hydrogen-bond donors (Lipinski definition) is 0. The van der Waals surface area contributed by atoms with Gasteiger partial charge in [-0.05, 0) is 38.3 Å². The average Bonchev–Trinajstić information content (AvgIpc) is 2.28. The fraction of sp³-hybridized carbons (Fsp3) is 0.286. The minimum absolute atomic E-state index is 1.03. The zero-order chi connectivity index (χ0) is 10.6. The lowest BCUT2D eigenvalue weighted by atomic mass is 10.0. The van der Waals surface area contributed by atoms with Crippen molar-refractivity contribution in [3.63, 3.8) is 0 Å². The second-order valence-corrected chi connectivity index (χ2v) is 3.92. The van der Waals surface area contributed by atoms with E-state index in [9.17, 15) is 0 Å². The second kappa shape index (κ2) is 4.80. The molecule has 0 heterocycles. The van der Waals surface area contributed by atoms with Gasteiger partial charge in [-0.1, -0.05) is 48.1 Å². The highest BCUT2D eigenvalue weighted by Gasteiger charge is 2.01. The van der Waals surface area contributed by atoms with Crippen molar-refractivity contribution in [1.29, 1.82) is 0 Å². The molecule has 0 nitrogen and oxygen atoms in total. The third-order valence-corrected chi connectivity index (χ3v) is 2.19. The maximum absolute atomic E-state index is 3.84. The Labute approximate surface area is 87.0 Å². The van der Waals surface area contributed by atoms with Gasteiger partial charge in [-0.2, -0.15) is 0 Å². The monoisotopic (exact) mass is 186 g/mol. The van der Waals surface area contributed by atoms with Crippen LogP contribution in [0.2, 0.25) is 0 Å². The van der Waals surface area contributed by atoms with E-state index >= 15 is 0 Å². The first-order chi connectivity index (χ1) is 6.63. The van der Waals surface area contributed by atoms with Gasteiger partial charge in [-0.15, -0.1) is 0 Å². The molecule has 1 aliphatic carbocycles. The average molecular weight is 186 g/mol. The molecule has 0 heteroatoms. The largest absolute Gasteiger partial charge is 0.0984 e. The Kier molecular flexibility index (Phi) is 3.70. The lowest BCUT2D eigenvalue weighted by molar-refractivity contribution is 1.21. The molecule has 0 saturated heterocycles. The van der Waals surface area contributed by atoms with Crippen LogP contribution in [0, 0.1) is 0 Å². The van der Waals surface area contributed by atoms with E-state index in [2.05, 4.69) is 51.7 Å². The first-order valence-corrected chi connectivity index (χ1v) is 4.99. The van der Waals surface area contributed by atoms with Crippen molar-refractivity contribution in [2.45, 2.75) is 27.2 Å². The molecule has 0 spiro atoms. The summed E-state index contributed by atoms with van der Waals surface area (Å²) in [6.45, 7) is 10.2. The molecule has 0 aliphatic heterocycles. The fourth-order valence-electron chi connectivity index (χ4n) is 1.42. The van der Waals surface area contributed by atoms with E-state index in [0.29, 0.717) is 0 Å². The molecular weight excluding hydrogens is 168 g/mol. The van der Waals surface area contributed by atoms with E-state index < -0.39 is 0 Å². The summed E-state index contributed by atoms with van der Waals surface area (Å²) in [5.74, 6) is 0. The molecule has 0 aromatic rings. The Hall–Kier alpha value is -1.30. The van der Waals surface area contributed by atoms with E-state index in [1.807, 2.05) is 6.08 Å². The van der Waals surface area contributed by atoms with Crippen LogP contribution < -0.4 is 0 Å². The molecular formula is C14H18. The van der Waals surface area contributed by atoms with Crippen LogP contribution in [0.4, 0.5) is 0 Å². The molecule has 0 amide bonds. The number of rotatable bonds is 2. The highest BCUT2D eigenvalue weighted by Crippen LogP contribution is 2.20. The molecule has 0 saturated carbocycles. The smallest absolute Gasteiger partial charge is 0.0129 e. The summed E-state index contributed by atoms with van der Waals surface area (Å²) >= 11 is 0. The summed E-state index contributed by atoms with van der Waals surface area (Å²) < 4.78 is 0. The summed E-state index contributed by atoms with van der Waals surface area (Å²) in [6, 6.07) is 0. The SMILES string of the molecule is C=CC1=CC=C(C)CC=C1C=C(C)C. The molecule has 0 N–H and O–H groups in total. The van der Waals surface area contributed by atoms with Crippen molar-refractivity contribution in [3.8, 4) is 0 Å². The summed E-state index contributed by atoms with van der Waals surface area (Å²) in [5, 5.41) is 0. The Morgan fingerprint density at radius 1 is 1.29 bits per heavy atom. The lowest BCUT2D eigenvalue weighted by Crippen LogP contribution is -1.82. The van der Waals surface area contributed by atoms with Gasteiger partial charge < -0.3 is 0 Å². The van der Waals surface area contributed by atoms with Crippen LogP contribution in [0.5, 0.6) is 0 Å². The van der Waals surface area contributed by atoms with Crippen molar-refractivity contribution in [2.24, 2.45) is 0 Å². The first kappa shape index (κ1) is 10.8. The van der Waals surface area contributed by atoms with Crippen LogP contribution in [0.25, 0.3) is 0 Å². The second-order valence-electron chi connectivity index (χ2n) is 3.92. The minimum atomic E-state index is 1.03. The van der Waals surface area contributed by atoms with Crippen molar-refractivity contribution in [1.82, 2.24) is 0 Å².